The summed E-state index contributed by atoms with van der Waals surface area (Å²) in [5.41, 5.74) is 1.70. The van der Waals surface area contributed by atoms with Crippen LogP contribution in [0.4, 0.5) is 11.4 Å². The first-order valence-corrected chi connectivity index (χ1v) is 8.30. The van der Waals surface area contributed by atoms with E-state index in [0.717, 1.165) is 10.0 Å². The summed E-state index contributed by atoms with van der Waals surface area (Å²) >= 11 is 3.33. The van der Waals surface area contributed by atoms with Gasteiger partial charge in [-0.15, -0.1) is 0 Å². The lowest BCUT2D eigenvalue weighted by molar-refractivity contribution is -0.384. The molecule has 2 aromatic rings. The molecule has 2 rings (SSSR count). The molecule has 134 valence electrons. The molecule has 0 atom stereocenters. The van der Waals surface area contributed by atoms with Crippen molar-refractivity contribution < 1.29 is 19.2 Å². The minimum absolute atomic E-state index is 0.0652. The number of hydrogen-bond acceptors (Lipinski definition) is 5. The SMILES string of the molecule is Cc1cc([N+](=O)[O-])ccc1NC(=O)COC(=O)/C=C/c1cccc(Br)c1. The molecule has 0 unspecified atom stereocenters. The maximum Gasteiger partial charge on any atom is 0.331 e. The van der Waals surface area contributed by atoms with Crippen molar-refractivity contribution in [2.45, 2.75) is 6.92 Å². The van der Waals surface area contributed by atoms with Crippen LogP contribution in [0.2, 0.25) is 0 Å². The number of carbonyl (C=O) groups is 2. The Kier molecular flexibility index (Phi) is 6.62. The van der Waals surface area contributed by atoms with Gasteiger partial charge in [-0.3, -0.25) is 14.9 Å². The highest BCUT2D eigenvalue weighted by molar-refractivity contribution is 9.10. The lowest BCUT2D eigenvalue weighted by atomic mass is 10.2. The molecule has 1 N–H and O–H groups in total. The number of esters is 1. The van der Waals surface area contributed by atoms with Crippen molar-refractivity contribution in [2.24, 2.45) is 0 Å². The zero-order chi connectivity index (χ0) is 19.1. The van der Waals surface area contributed by atoms with Crippen LogP contribution in [0.3, 0.4) is 0 Å². The number of nitrogens with zero attached hydrogens (tertiary/aromatic N) is 1. The molecule has 0 heterocycles. The van der Waals surface area contributed by atoms with Crippen molar-refractivity contribution in [3.05, 3.63) is 74.3 Å². The minimum atomic E-state index is -0.652. The van der Waals surface area contributed by atoms with E-state index in [0.29, 0.717) is 11.3 Å². The molecule has 0 aliphatic rings. The summed E-state index contributed by atoms with van der Waals surface area (Å²) in [5.74, 6) is -1.19. The lowest BCUT2D eigenvalue weighted by Crippen LogP contribution is -2.20. The van der Waals surface area contributed by atoms with Gasteiger partial charge in [0.25, 0.3) is 11.6 Å². The molecule has 2 aromatic carbocycles. The van der Waals surface area contributed by atoms with Crippen LogP contribution < -0.4 is 5.32 Å². The molecule has 0 aliphatic carbocycles. The fraction of sp³-hybridized carbons (Fsp3) is 0.111. The van der Waals surface area contributed by atoms with Crippen molar-refractivity contribution in [3.8, 4) is 0 Å². The molecule has 0 fully saturated rings. The fourth-order valence-electron chi connectivity index (χ4n) is 2.05. The summed E-state index contributed by atoms with van der Waals surface area (Å²) < 4.78 is 5.75. The molecule has 0 bridgehead atoms. The molecular formula is C18H15BrN2O5. The van der Waals surface area contributed by atoms with Gasteiger partial charge in [0.1, 0.15) is 0 Å². The normalized spacial score (nSPS) is 10.5. The highest BCUT2D eigenvalue weighted by Crippen LogP contribution is 2.21. The Hall–Kier alpha value is -3.00. The van der Waals surface area contributed by atoms with Gasteiger partial charge in [-0.2, -0.15) is 0 Å². The molecule has 0 spiro atoms. The van der Waals surface area contributed by atoms with E-state index >= 15 is 0 Å². The van der Waals surface area contributed by atoms with Crippen LogP contribution in [-0.2, 0) is 14.3 Å². The summed E-state index contributed by atoms with van der Waals surface area (Å²) in [7, 11) is 0. The number of hydrogen-bond donors (Lipinski definition) is 1. The van der Waals surface area contributed by atoms with E-state index in [1.54, 1.807) is 13.0 Å². The van der Waals surface area contributed by atoms with Crippen molar-refractivity contribution in [3.63, 3.8) is 0 Å². The van der Waals surface area contributed by atoms with Crippen LogP contribution in [-0.4, -0.2) is 23.4 Å². The van der Waals surface area contributed by atoms with Gasteiger partial charge in [0.15, 0.2) is 6.61 Å². The predicted octanol–water partition coefficient (Wildman–Crippen LogP) is 3.86. The van der Waals surface area contributed by atoms with E-state index < -0.39 is 23.4 Å². The van der Waals surface area contributed by atoms with Crippen LogP contribution in [0, 0.1) is 17.0 Å². The summed E-state index contributed by atoms with van der Waals surface area (Å²) in [6.07, 6.45) is 2.80. The highest BCUT2D eigenvalue weighted by atomic mass is 79.9. The Morgan fingerprint density at radius 2 is 2.04 bits per heavy atom. The number of nitro benzene ring substituents is 1. The summed E-state index contributed by atoms with van der Waals surface area (Å²) in [6, 6.07) is 11.4. The van der Waals surface area contributed by atoms with E-state index in [9.17, 15) is 19.7 Å². The summed E-state index contributed by atoms with van der Waals surface area (Å²) in [6.45, 7) is 1.17. The molecular weight excluding hydrogens is 404 g/mol. The van der Waals surface area contributed by atoms with E-state index in [-0.39, 0.29) is 5.69 Å². The van der Waals surface area contributed by atoms with E-state index in [4.69, 9.17) is 4.74 Å². The molecule has 0 radical (unpaired) electrons. The van der Waals surface area contributed by atoms with Crippen LogP contribution in [0.5, 0.6) is 0 Å². The van der Waals surface area contributed by atoms with Crippen LogP contribution in [0.25, 0.3) is 6.08 Å². The van der Waals surface area contributed by atoms with Gasteiger partial charge in [-0.1, -0.05) is 28.1 Å². The number of amides is 1. The van der Waals surface area contributed by atoms with Gasteiger partial charge in [0, 0.05) is 28.4 Å². The third-order valence-corrected chi connectivity index (χ3v) is 3.79. The third kappa shape index (κ3) is 5.82. The smallest absolute Gasteiger partial charge is 0.331 e. The Morgan fingerprint density at radius 3 is 2.69 bits per heavy atom. The molecule has 7 nitrogen and oxygen atoms in total. The second kappa shape index (κ2) is 8.91. The maximum atomic E-state index is 11.9. The van der Waals surface area contributed by atoms with Gasteiger partial charge in [0.05, 0.1) is 4.92 Å². The van der Waals surface area contributed by atoms with Crippen LogP contribution in [0.1, 0.15) is 11.1 Å². The summed E-state index contributed by atoms with van der Waals surface area (Å²) in [4.78, 5) is 33.7. The molecule has 8 heteroatoms. The maximum absolute atomic E-state index is 11.9. The Labute approximate surface area is 157 Å². The van der Waals surface area contributed by atoms with E-state index in [1.807, 2.05) is 24.3 Å². The quantitative estimate of drug-likeness (QED) is 0.332. The highest BCUT2D eigenvalue weighted by Gasteiger charge is 2.11. The van der Waals surface area contributed by atoms with Crippen molar-refractivity contribution in [2.75, 3.05) is 11.9 Å². The zero-order valence-electron chi connectivity index (χ0n) is 13.8. The van der Waals surface area contributed by atoms with Crippen LogP contribution in [0.15, 0.2) is 53.0 Å². The van der Waals surface area contributed by atoms with Gasteiger partial charge < -0.3 is 10.1 Å². The molecule has 0 aromatic heterocycles. The number of anilines is 1. The number of carbonyl (C=O) groups excluding carboxylic acids is 2. The fourth-order valence-corrected chi connectivity index (χ4v) is 2.46. The molecule has 0 saturated heterocycles. The number of halogens is 1. The number of benzene rings is 2. The first-order chi connectivity index (χ1) is 12.3. The predicted molar refractivity (Wildman–Crippen MR) is 101 cm³/mol. The number of rotatable bonds is 6. The number of ether oxygens (including phenoxy) is 1. The Balaban J connectivity index is 1.86. The first kappa shape index (κ1) is 19.3. The molecule has 0 saturated carbocycles. The average molecular weight is 419 g/mol. The number of nitro groups is 1. The van der Waals surface area contributed by atoms with Crippen molar-refractivity contribution >= 4 is 45.3 Å². The van der Waals surface area contributed by atoms with Gasteiger partial charge >= 0.3 is 5.97 Å². The Morgan fingerprint density at radius 1 is 1.27 bits per heavy atom. The second-order valence-corrected chi connectivity index (χ2v) is 6.22. The van der Waals surface area contributed by atoms with Crippen LogP contribution >= 0.6 is 15.9 Å². The number of non-ortho nitro benzene ring substituents is 1. The van der Waals surface area contributed by atoms with E-state index in [2.05, 4.69) is 21.2 Å². The monoisotopic (exact) mass is 418 g/mol. The second-order valence-electron chi connectivity index (χ2n) is 5.30. The summed E-state index contributed by atoms with van der Waals surface area (Å²) in [5, 5.41) is 13.2. The third-order valence-electron chi connectivity index (χ3n) is 3.30. The topological polar surface area (TPSA) is 98.5 Å². The van der Waals surface area contributed by atoms with Crippen molar-refractivity contribution in [1.82, 2.24) is 0 Å². The van der Waals surface area contributed by atoms with Gasteiger partial charge in [-0.05, 0) is 42.3 Å². The van der Waals surface area contributed by atoms with E-state index in [1.165, 1.54) is 24.3 Å². The average Bonchev–Trinajstić information content (AvgIpc) is 2.60. The molecule has 1 amide bonds. The van der Waals surface area contributed by atoms with Gasteiger partial charge in [-0.25, -0.2) is 4.79 Å². The number of aryl methyl sites for hydroxylation is 1. The lowest BCUT2D eigenvalue weighted by Gasteiger charge is -2.08. The zero-order valence-corrected chi connectivity index (χ0v) is 15.4. The number of nitrogens with one attached hydrogen (secondary N) is 1. The minimum Gasteiger partial charge on any atom is -0.452 e. The standard InChI is InChI=1S/C18H15BrN2O5/c1-12-9-15(21(24)25)6-7-16(12)20-17(22)11-26-18(23)8-5-13-3-2-4-14(19)10-13/h2-10H,11H2,1H3,(H,20,22)/b8-5+. The largest absolute Gasteiger partial charge is 0.452 e. The van der Waals surface area contributed by atoms with Crippen molar-refractivity contribution in [1.29, 1.82) is 0 Å². The first-order valence-electron chi connectivity index (χ1n) is 7.50. The molecule has 0 aliphatic heterocycles. The molecule has 26 heavy (non-hydrogen) atoms. The Bertz CT molecular complexity index is 880. The van der Waals surface area contributed by atoms with Gasteiger partial charge in [0.2, 0.25) is 0 Å².